The van der Waals surface area contributed by atoms with Gasteiger partial charge in [0.15, 0.2) is 0 Å². The third-order valence-corrected chi connectivity index (χ3v) is 1.24. The van der Waals surface area contributed by atoms with E-state index in [0.29, 0.717) is 13.0 Å². The van der Waals surface area contributed by atoms with Crippen molar-refractivity contribution in [3.05, 3.63) is 0 Å². The highest BCUT2D eigenvalue weighted by molar-refractivity contribution is 5.75. The molecule has 0 spiro atoms. The Bertz CT molecular complexity index is 102. The molecule has 0 aliphatic heterocycles. The molecule has 0 radical (unpaired) electrons. The lowest BCUT2D eigenvalue weighted by Crippen LogP contribution is -2.28. The van der Waals surface area contributed by atoms with Crippen molar-refractivity contribution < 1.29 is 4.79 Å². The summed E-state index contributed by atoms with van der Waals surface area (Å²) in [5, 5.41) is 2.74. The number of carbonyl (C=O) groups is 1. The molecular weight excluding hydrogens is 128 g/mol. The molecule has 0 aliphatic carbocycles. The monoisotopic (exact) mass is 144 g/mol. The summed E-state index contributed by atoms with van der Waals surface area (Å²) in [6, 6.07) is 0.178. The van der Waals surface area contributed by atoms with Gasteiger partial charge in [-0.2, -0.15) is 0 Å². The van der Waals surface area contributed by atoms with E-state index in [2.05, 4.69) is 5.32 Å². The van der Waals surface area contributed by atoms with E-state index in [9.17, 15) is 4.79 Å². The second-order valence-corrected chi connectivity index (χ2v) is 2.47. The average Bonchev–Trinajstić information content (AvgIpc) is 1.87. The van der Waals surface area contributed by atoms with E-state index in [1.807, 2.05) is 13.8 Å². The standard InChI is InChI=1S/C7H16N2O/c1-3-7(10)9-5-4-6(2)8/h6H,3-5,8H2,1-2H3,(H,9,10). The quantitative estimate of drug-likeness (QED) is 0.594. The maximum Gasteiger partial charge on any atom is 0.219 e. The fourth-order valence-corrected chi connectivity index (χ4v) is 0.564. The van der Waals surface area contributed by atoms with Gasteiger partial charge < -0.3 is 11.1 Å². The Balaban J connectivity index is 3.12. The lowest BCUT2D eigenvalue weighted by atomic mass is 10.2. The lowest BCUT2D eigenvalue weighted by molar-refractivity contribution is -0.120. The molecule has 0 rings (SSSR count). The highest BCUT2D eigenvalue weighted by Gasteiger charge is 1.96. The molecular formula is C7H16N2O. The maximum atomic E-state index is 10.6. The molecule has 1 unspecified atom stereocenters. The molecule has 3 N–H and O–H groups in total. The Morgan fingerprint density at radius 3 is 2.70 bits per heavy atom. The molecule has 0 saturated heterocycles. The molecule has 10 heavy (non-hydrogen) atoms. The van der Waals surface area contributed by atoms with Crippen molar-refractivity contribution in [1.82, 2.24) is 5.32 Å². The van der Waals surface area contributed by atoms with Gasteiger partial charge in [0.2, 0.25) is 5.91 Å². The van der Waals surface area contributed by atoms with Gasteiger partial charge in [-0.15, -0.1) is 0 Å². The van der Waals surface area contributed by atoms with Crippen molar-refractivity contribution in [2.24, 2.45) is 5.73 Å². The van der Waals surface area contributed by atoms with E-state index < -0.39 is 0 Å². The summed E-state index contributed by atoms with van der Waals surface area (Å²) >= 11 is 0. The third kappa shape index (κ3) is 5.56. The lowest BCUT2D eigenvalue weighted by Gasteiger charge is -2.05. The summed E-state index contributed by atoms with van der Waals surface area (Å²) in [6.07, 6.45) is 1.41. The Hall–Kier alpha value is -0.570. The zero-order valence-corrected chi connectivity index (χ0v) is 6.68. The third-order valence-electron chi connectivity index (χ3n) is 1.24. The SMILES string of the molecule is CCC(=O)NCCC(C)N. The van der Waals surface area contributed by atoms with Crippen molar-refractivity contribution >= 4 is 5.91 Å². The molecule has 1 atom stereocenters. The Kier molecular flexibility index (Phi) is 4.94. The van der Waals surface area contributed by atoms with E-state index in [1.165, 1.54) is 0 Å². The van der Waals surface area contributed by atoms with E-state index in [1.54, 1.807) is 0 Å². The fourth-order valence-electron chi connectivity index (χ4n) is 0.564. The summed E-state index contributed by atoms with van der Waals surface area (Å²) in [5.41, 5.74) is 5.47. The topological polar surface area (TPSA) is 55.1 Å². The van der Waals surface area contributed by atoms with Crippen molar-refractivity contribution in [2.75, 3.05) is 6.54 Å². The molecule has 3 heteroatoms. The van der Waals surface area contributed by atoms with E-state index in [-0.39, 0.29) is 11.9 Å². The van der Waals surface area contributed by atoms with E-state index in [0.717, 1.165) is 6.42 Å². The van der Waals surface area contributed by atoms with Crippen LogP contribution >= 0.6 is 0 Å². The highest BCUT2D eigenvalue weighted by Crippen LogP contribution is 1.83. The van der Waals surface area contributed by atoms with Gasteiger partial charge in [-0.05, 0) is 13.3 Å². The fraction of sp³-hybridized carbons (Fsp3) is 0.857. The number of amides is 1. The molecule has 0 aliphatic rings. The smallest absolute Gasteiger partial charge is 0.219 e. The minimum absolute atomic E-state index is 0.0978. The Morgan fingerprint density at radius 1 is 1.70 bits per heavy atom. The molecule has 0 heterocycles. The predicted octanol–water partition coefficient (Wildman–Crippen LogP) is 0.250. The number of hydrogen-bond donors (Lipinski definition) is 2. The number of rotatable bonds is 4. The van der Waals surface area contributed by atoms with Gasteiger partial charge in [0.05, 0.1) is 0 Å². The van der Waals surface area contributed by atoms with Crippen LogP contribution in [0.3, 0.4) is 0 Å². The van der Waals surface area contributed by atoms with Gasteiger partial charge in [0.1, 0.15) is 0 Å². The first kappa shape index (κ1) is 9.43. The largest absolute Gasteiger partial charge is 0.356 e. The van der Waals surface area contributed by atoms with E-state index in [4.69, 9.17) is 5.73 Å². The van der Waals surface area contributed by atoms with Crippen LogP contribution < -0.4 is 11.1 Å². The molecule has 3 nitrogen and oxygen atoms in total. The molecule has 0 bridgehead atoms. The van der Waals surface area contributed by atoms with Crippen molar-refractivity contribution in [3.63, 3.8) is 0 Å². The predicted molar refractivity (Wildman–Crippen MR) is 41.6 cm³/mol. The minimum atomic E-state index is 0.0978. The summed E-state index contributed by atoms with van der Waals surface area (Å²) in [6.45, 7) is 4.46. The van der Waals surface area contributed by atoms with Gasteiger partial charge in [0.25, 0.3) is 0 Å². The molecule has 0 saturated carbocycles. The van der Waals surface area contributed by atoms with Crippen molar-refractivity contribution in [3.8, 4) is 0 Å². The second-order valence-electron chi connectivity index (χ2n) is 2.47. The van der Waals surface area contributed by atoms with Gasteiger partial charge in [-0.1, -0.05) is 6.92 Å². The first-order valence-corrected chi connectivity index (χ1v) is 3.69. The minimum Gasteiger partial charge on any atom is -0.356 e. The molecule has 60 valence electrons. The Labute approximate surface area is 62.0 Å². The van der Waals surface area contributed by atoms with Crippen LogP contribution in [0.4, 0.5) is 0 Å². The molecule has 1 amide bonds. The Morgan fingerprint density at radius 2 is 2.30 bits per heavy atom. The van der Waals surface area contributed by atoms with Gasteiger partial charge in [-0.3, -0.25) is 4.79 Å². The highest BCUT2D eigenvalue weighted by atomic mass is 16.1. The van der Waals surface area contributed by atoms with Crippen LogP contribution in [0, 0.1) is 0 Å². The zero-order chi connectivity index (χ0) is 7.98. The van der Waals surface area contributed by atoms with Crippen LogP contribution in [0.15, 0.2) is 0 Å². The number of nitrogens with two attached hydrogens (primary N) is 1. The van der Waals surface area contributed by atoms with E-state index >= 15 is 0 Å². The van der Waals surface area contributed by atoms with Crippen LogP contribution in [0.1, 0.15) is 26.7 Å². The van der Waals surface area contributed by atoms with Gasteiger partial charge in [0, 0.05) is 19.0 Å². The normalized spacial score (nSPS) is 12.7. The number of carbonyl (C=O) groups excluding carboxylic acids is 1. The summed E-state index contributed by atoms with van der Waals surface area (Å²) in [5.74, 6) is 0.0978. The number of hydrogen-bond acceptors (Lipinski definition) is 2. The van der Waals surface area contributed by atoms with Crippen molar-refractivity contribution in [1.29, 1.82) is 0 Å². The van der Waals surface area contributed by atoms with Crippen LogP contribution in [0.25, 0.3) is 0 Å². The van der Waals surface area contributed by atoms with Crippen molar-refractivity contribution in [2.45, 2.75) is 32.7 Å². The van der Waals surface area contributed by atoms with Gasteiger partial charge >= 0.3 is 0 Å². The summed E-state index contributed by atoms with van der Waals surface area (Å²) in [7, 11) is 0. The number of nitrogens with one attached hydrogen (secondary N) is 1. The molecule has 0 fully saturated rings. The van der Waals surface area contributed by atoms with Crippen LogP contribution in [-0.2, 0) is 4.79 Å². The molecule has 0 aromatic carbocycles. The zero-order valence-electron chi connectivity index (χ0n) is 6.68. The van der Waals surface area contributed by atoms with Crippen LogP contribution in [0.5, 0.6) is 0 Å². The first-order valence-electron chi connectivity index (χ1n) is 3.69. The van der Waals surface area contributed by atoms with Crippen LogP contribution in [-0.4, -0.2) is 18.5 Å². The second kappa shape index (κ2) is 5.23. The summed E-state index contributed by atoms with van der Waals surface area (Å²) in [4.78, 5) is 10.6. The average molecular weight is 144 g/mol. The maximum absolute atomic E-state index is 10.6. The first-order chi connectivity index (χ1) is 4.66. The summed E-state index contributed by atoms with van der Waals surface area (Å²) < 4.78 is 0. The van der Waals surface area contributed by atoms with Gasteiger partial charge in [-0.25, -0.2) is 0 Å². The van der Waals surface area contributed by atoms with Crippen LogP contribution in [0.2, 0.25) is 0 Å². The molecule has 0 aromatic rings. The molecule has 0 aromatic heterocycles.